The zero-order valence-electron chi connectivity index (χ0n) is 11.7. The van der Waals surface area contributed by atoms with E-state index in [1.807, 2.05) is 4.90 Å². The molecule has 0 radical (unpaired) electrons. The van der Waals surface area contributed by atoms with Crippen LogP contribution >= 0.6 is 0 Å². The number of aromatic nitrogens is 2. The van der Waals surface area contributed by atoms with Crippen molar-refractivity contribution in [1.82, 2.24) is 14.5 Å². The van der Waals surface area contributed by atoms with Crippen LogP contribution in [0.4, 0.5) is 4.79 Å². The van der Waals surface area contributed by atoms with Gasteiger partial charge in [0.15, 0.2) is 0 Å². The average Bonchev–Trinajstić information content (AvgIpc) is 3.18. The van der Waals surface area contributed by atoms with Gasteiger partial charge in [0.25, 0.3) is 0 Å². The van der Waals surface area contributed by atoms with Crippen LogP contribution in [0, 0.1) is 0 Å². The Labute approximate surface area is 119 Å². The van der Waals surface area contributed by atoms with Crippen molar-refractivity contribution >= 4 is 6.03 Å². The van der Waals surface area contributed by atoms with E-state index in [1.54, 1.807) is 23.3 Å². The summed E-state index contributed by atoms with van der Waals surface area (Å²) in [6.07, 6.45) is 8.16. The van der Waals surface area contributed by atoms with E-state index in [9.17, 15) is 4.79 Å². The molecule has 1 aromatic carbocycles. The molecule has 1 fully saturated rings. The Balaban J connectivity index is 1.75. The quantitative estimate of drug-likeness (QED) is 0.855. The number of benzene rings is 1. The van der Waals surface area contributed by atoms with Gasteiger partial charge < -0.3 is 4.90 Å². The minimum absolute atomic E-state index is 0.0181. The topological polar surface area (TPSA) is 38.1 Å². The van der Waals surface area contributed by atoms with Crippen LogP contribution in [0.1, 0.15) is 30.9 Å². The second-order valence-corrected chi connectivity index (χ2v) is 5.28. The van der Waals surface area contributed by atoms with Gasteiger partial charge in [0.05, 0.1) is 0 Å². The molecule has 1 heterocycles. The van der Waals surface area contributed by atoms with Crippen molar-refractivity contribution in [3.8, 4) is 0 Å². The first-order valence-corrected chi connectivity index (χ1v) is 7.14. The molecule has 104 valence electrons. The number of imidazole rings is 1. The van der Waals surface area contributed by atoms with Gasteiger partial charge in [0.1, 0.15) is 6.33 Å². The Bertz CT molecular complexity index is 570. The zero-order valence-corrected chi connectivity index (χ0v) is 11.7. The predicted octanol–water partition coefficient (Wildman–Crippen LogP) is 3.08. The molecule has 0 N–H and O–H groups in total. The highest BCUT2D eigenvalue weighted by molar-refractivity contribution is 5.77. The summed E-state index contributed by atoms with van der Waals surface area (Å²) in [5.74, 6) is 0. The van der Waals surface area contributed by atoms with E-state index in [2.05, 4.69) is 36.2 Å². The molecule has 1 saturated carbocycles. The van der Waals surface area contributed by atoms with Gasteiger partial charge in [-0.3, -0.25) is 4.57 Å². The van der Waals surface area contributed by atoms with Crippen molar-refractivity contribution in [2.45, 2.75) is 38.8 Å². The molecule has 0 bridgehead atoms. The first-order chi connectivity index (χ1) is 9.78. The van der Waals surface area contributed by atoms with Crippen LogP contribution in [0.15, 0.2) is 43.0 Å². The highest BCUT2D eigenvalue weighted by Crippen LogP contribution is 2.29. The smallest absolute Gasteiger partial charge is 0.317 e. The summed E-state index contributed by atoms with van der Waals surface area (Å²) in [4.78, 5) is 18.4. The highest BCUT2D eigenvalue weighted by atomic mass is 16.2. The van der Waals surface area contributed by atoms with Gasteiger partial charge in [0, 0.05) is 25.0 Å². The highest BCUT2D eigenvalue weighted by Gasteiger charge is 2.33. The maximum Gasteiger partial charge on any atom is 0.329 e. The first-order valence-electron chi connectivity index (χ1n) is 7.14. The number of amides is 1. The van der Waals surface area contributed by atoms with E-state index in [4.69, 9.17) is 0 Å². The maximum atomic E-state index is 12.5. The van der Waals surface area contributed by atoms with E-state index in [1.165, 1.54) is 11.1 Å². The number of carbonyl (C=O) groups is 1. The van der Waals surface area contributed by atoms with Crippen LogP contribution in [0.5, 0.6) is 0 Å². The van der Waals surface area contributed by atoms with Gasteiger partial charge in [-0.2, -0.15) is 0 Å². The largest absolute Gasteiger partial charge is 0.329 e. The van der Waals surface area contributed by atoms with Crippen molar-refractivity contribution in [3.63, 3.8) is 0 Å². The Morgan fingerprint density at radius 1 is 1.30 bits per heavy atom. The second kappa shape index (κ2) is 5.49. The predicted molar refractivity (Wildman–Crippen MR) is 77.4 cm³/mol. The molecule has 20 heavy (non-hydrogen) atoms. The van der Waals surface area contributed by atoms with Gasteiger partial charge in [-0.15, -0.1) is 0 Å². The number of rotatable bonds is 4. The Morgan fingerprint density at radius 3 is 2.55 bits per heavy atom. The summed E-state index contributed by atoms with van der Waals surface area (Å²) in [5, 5.41) is 0. The lowest BCUT2D eigenvalue weighted by atomic mass is 10.1. The minimum Gasteiger partial charge on any atom is -0.317 e. The molecule has 1 aliphatic rings. The maximum absolute atomic E-state index is 12.5. The van der Waals surface area contributed by atoms with E-state index < -0.39 is 0 Å². The van der Waals surface area contributed by atoms with E-state index in [0.717, 1.165) is 19.3 Å². The molecule has 4 heteroatoms. The van der Waals surface area contributed by atoms with E-state index in [-0.39, 0.29) is 6.03 Å². The zero-order chi connectivity index (χ0) is 13.9. The average molecular weight is 269 g/mol. The molecular weight excluding hydrogens is 250 g/mol. The lowest BCUT2D eigenvalue weighted by Crippen LogP contribution is -2.35. The summed E-state index contributed by atoms with van der Waals surface area (Å²) in [6, 6.07) is 8.93. The molecule has 2 aromatic rings. The van der Waals surface area contributed by atoms with Gasteiger partial charge in [-0.1, -0.05) is 31.2 Å². The first kappa shape index (κ1) is 12.9. The molecule has 0 aliphatic heterocycles. The summed E-state index contributed by atoms with van der Waals surface area (Å²) < 4.78 is 1.55. The van der Waals surface area contributed by atoms with Crippen LogP contribution in [-0.4, -0.2) is 26.5 Å². The second-order valence-electron chi connectivity index (χ2n) is 5.28. The Morgan fingerprint density at radius 2 is 2.00 bits per heavy atom. The fourth-order valence-corrected chi connectivity index (χ4v) is 2.34. The standard InChI is InChI=1S/C16H19N3O/c1-2-13-3-5-14(6-4-13)11-19(15-7-8-15)16(20)18-10-9-17-12-18/h3-6,9-10,12,15H,2,7-8,11H2,1H3. The molecule has 0 unspecified atom stereocenters. The van der Waals surface area contributed by atoms with Crippen LogP contribution in [-0.2, 0) is 13.0 Å². The third-order valence-corrected chi connectivity index (χ3v) is 3.74. The number of nitrogens with zero attached hydrogens (tertiary/aromatic N) is 3. The van der Waals surface area contributed by atoms with Crippen LogP contribution in [0.2, 0.25) is 0 Å². The molecule has 1 amide bonds. The van der Waals surface area contributed by atoms with Gasteiger partial charge in [0.2, 0.25) is 0 Å². The molecule has 1 aromatic heterocycles. The van der Waals surface area contributed by atoms with E-state index >= 15 is 0 Å². The molecule has 4 nitrogen and oxygen atoms in total. The molecule has 1 aliphatic carbocycles. The summed E-state index contributed by atoms with van der Waals surface area (Å²) in [7, 11) is 0. The number of carbonyl (C=O) groups excluding carboxylic acids is 1. The molecule has 0 saturated heterocycles. The summed E-state index contributed by atoms with van der Waals surface area (Å²) in [5.41, 5.74) is 2.51. The van der Waals surface area contributed by atoms with Gasteiger partial charge >= 0.3 is 6.03 Å². The molecular formula is C16H19N3O. The lowest BCUT2D eigenvalue weighted by Gasteiger charge is -2.22. The van der Waals surface area contributed by atoms with Crippen LogP contribution < -0.4 is 0 Å². The Hall–Kier alpha value is -2.10. The summed E-state index contributed by atoms with van der Waals surface area (Å²) in [6.45, 7) is 2.82. The van der Waals surface area contributed by atoms with Crippen molar-refractivity contribution in [2.75, 3.05) is 0 Å². The molecule has 0 atom stereocenters. The fraction of sp³-hybridized carbons (Fsp3) is 0.375. The van der Waals surface area contributed by atoms with Crippen molar-refractivity contribution in [1.29, 1.82) is 0 Å². The van der Waals surface area contributed by atoms with E-state index in [0.29, 0.717) is 12.6 Å². The van der Waals surface area contributed by atoms with Crippen LogP contribution in [0.3, 0.4) is 0 Å². The monoisotopic (exact) mass is 269 g/mol. The molecule has 0 spiro atoms. The van der Waals surface area contributed by atoms with Crippen molar-refractivity contribution in [3.05, 3.63) is 54.1 Å². The lowest BCUT2D eigenvalue weighted by molar-refractivity contribution is 0.193. The van der Waals surface area contributed by atoms with Gasteiger partial charge in [-0.05, 0) is 30.4 Å². The van der Waals surface area contributed by atoms with Gasteiger partial charge in [-0.25, -0.2) is 9.78 Å². The molecule has 3 rings (SSSR count). The number of hydrogen-bond donors (Lipinski definition) is 0. The van der Waals surface area contributed by atoms with Crippen molar-refractivity contribution in [2.24, 2.45) is 0 Å². The number of aryl methyl sites for hydroxylation is 1. The minimum atomic E-state index is 0.0181. The number of hydrogen-bond acceptors (Lipinski definition) is 2. The fourth-order valence-electron chi connectivity index (χ4n) is 2.34. The van der Waals surface area contributed by atoms with Crippen LogP contribution in [0.25, 0.3) is 0 Å². The third kappa shape index (κ3) is 2.74. The van der Waals surface area contributed by atoms with Crippen molar-refractivity contribution < 1.29 is 4.79 Å². The normalized spacial score (nSPS) is 14.2. The Kier molecular flexibility index (Phi) is 3.54. The third-order valence-electron chi connectivity index (χ3n) is 3.74. The summed E-state index contributed by atoms with van der Waals surface area (Å²) >= 11 is 0. The SMILES string of the molecule is CCc1ccc(CN(C(=O)n2ccnc2)C2CC2)cc1.